The molecule has 7 heteroatoms. The van der Waals surface area contributed by atoms with Crippen molar-refractivity contribution in [1.29, 1.82) is 0 Å². The number of nitrogens with one attached hydrogen (secondary N) is 1. The van der Waals surface area contributed by atoms with E-state index in [9.17, 15) is 0 Å². The van der Waals surface area contributed by atoms with Crippen molar-refractivity contribution >= 4 is 0 Å². The van der Waals surface area contributed by atoms with Crippen LogP contribution in [0.5, 0.6) is 11.5 Å². The molecule has 0 radical (unpaired) electrons. The van der Waals surface area contributed by atoms with Gasteiger partial charge in [-0.2, -0.15) is 0 Å². The normalized spacial score (nSPS) is 20.9. The Balaban J connectivity index is 1.21. The number of piperidine rings is 1. The zero-order valence-corrected chi connectivity index (χ0v) is 16.1. The molecular formula is C21H27N3O4. The van der Waals surface area contributed by atoms with Gasteiger partial charge in [-0.15, -0.1) is 0 Å². The Morgan fingerprint density at radius 3 is 2.82 bits per heavy atom. The molecule has 150 valence electrons. The van der Waals surface area contributed by atoms with Crippen molar-refractivity contribution in [1.82, 2.24) is 15.4 Å². The summed E-state index contributed by atoms with van der Waals surface area (Å²) in [5.74, 6) is 2.62. The van der Waals surface area contributed by atoms with E-state index >= 15 is 0 Å². The van der Waals surface area contributed by atoms with Crippen molar-refractivity contribution in [2.75, 3.05) is 33.1 Å². The second kappa shape index (κ2) is 7.73. The smallest absolute Gasteiger partial charge is 0.231 e. The Hall–Kier alpha value is -2.09. The van der Waals surface area contributed by atoms with Crippen molar-refractivity contribution in [3.8, 4) is 11.5 Å². The number of benzene rings is 1. The van der Waals surface area contributed by atoms with Gasteiger partial charge in [-0.1, -0.05) is 23.7 Å². The molecule has 2 fully saturated rings. The predicted molar refractivity (Wildman–Crippen MR) is 102 cm³/mol. The summed E-state index contributed by atoms with van der Waals surface area (Å²) < 4.78 is 22.2. The molecule has 5 rings (SSSR count). The van der Waals surface area contributed by atoms with Crippen LogP contribution in [0.25, 0.3) is 0 Å². The van der Waals surface area contributed by atoms with Gasteiger partial charge in [-0.05, 0) is 32.0 Å². The highest BCUT2D eigenvalue weighted by Gasteiger charge is 2.39. The van der Waals surface area contributed by atoms with Gasteiger partial charge in [0.15, 0.2) is 17.3 Å². The second-order valence-electron chi connectivity index (χ2n) is 8.08. The molecule has 0 saturated carbocycles. The summed E-state index contributed by atoms with van der Waals surface area (Å²) in [4.78, 5) is 2.45. The monoisotopic (exact) mass is 385 g/mol. The molecule has 2 aromatic rings. The molecule has 0 spiro atoms. The van der Waals surface area contributed by atoms with Crippen LogP contribution >= 0.6 is 0 Å². The highest BCUT2D eigenvalue weighted by atomic mass is 16.7. The maximum Gasteiger partial charge on any atom is 0.231 e. The zero-order valence-electron chi connectivity index (χ0n) is 16.1. The van der Waals surface area contributed by atoms with E-state index in [1.54, 1.807) is 0 Å². The Labute approximate surface area is 164 Å². The fourth-order valence-electron chi connectivity index (χ4n) is 4.23. The number of ether oxygens (including phenoxy) is 3. The van der Waals surface area contributed by atoms with Crippen molar-refractivity contribution in [3.63, 3.8) is 0 Å². The number of para-hydroxylation sites is 1. The average Bonchev–Trinajstić information content (AvgIpc) is 3.34. The van der Waals surface area contributed by atoms with E-state index < -0.39 is 0 Å². The van der Waals surface area contributed by atoms with E-state index in [4.69, 9.17) is 18.7 Å². The van der Waals surface area contributed by atoms with Crippen LogP contribution in [0.2, 0.25) is 0 Å². The number of hydrogen-bond donors (Lipinski definition) is 1. The van der Waals surface area contributed by atoms with Crippen molar-refractivity contribution in [2.24, 2.45) is 0 Å². The molecule has 0 bridgehead atoms. The Morgan fingerprint density at radius 1 is 1.11 bits per heavy atom. The fraction of sp³-hybridized carbons (Fsp3) is 0.571. The number of aromatic nitrogens is 1. The summed E-state index contributed by atoms with van der Waals surface area (Å²) >= 11 is 0. The van der Waals surface area contributed by atoms with E-state index in [-0.39, 0.29) is 5.54 Å². The van der Waals surface area contributed by atoms with Crippen LogP contribution < -0.4 is 14.8 Å². The maximum absolute atomic E-state index is 5.61. The van der Waals surface area contributed by atoms with Crippen molar-refractivity contribution in [2.45, 2.75) is 44.3 Å². The maximum atomic E-state index is 5.61. The van der Waals surface area contributed by atoms with Crippen LogP contribution in [0.1, 0.15) is 36.3 Å². The minimum atomic E-state index is -0.110. The molecule has 1 N–H and O–H groups in total. The lowest BCUT2D eigenvalue weighted by Gasteiger charge is -2.42. The van der Waals surface area contributed by atoms with Gasteiger partial charge in [-0.25, -0.2) is 0 Å². The number of likely N-dealkylation sites (tertiary alicyclic amines) is 1. The molecular weight excluding hydrogens is 358 g/mol. The third-order valence-electron chi connectivity index (χ3n) is 5.84. The molecule has 0 atom stereocenters. The molecule has 1 aromatic heterocycles. The topological polar surface area (TPSA) is 69.0 Å². The number of hydrogen-bond acceptors (Lipinski definition) is 7. The number of nitrogens with zero attached hydrogens (tertiary/aromatic N) is 2. The van der Waals surface area contributed by atoms with Gasteiger partial charge in [0.25, 0.3) is 0 Å². The van der Waals surface area contributed by atoms with E-state index in [2.05, 4.69) is 27.5 Å². The largest absolute Gasteiger partial charge is 0.454 e. The first-order valence-electron chi connectivity index (χ1n) is 10.2. The van der Waals surface area contributed by atoms with Crippen LogP contribution in [0.4, 0.5) is 0 Å². The van der Waals surface area contributed by atoms with Gasteiger partial charge >= 0.3 is 0 Å². The standard InChI is InChI=1S/C21H27N3O4/c1-2-7-24(8-3-1)12-18-9-17(23-28-18)10-21(13-25-14-21)22-11-16-5-4-6-19-20(16)27-15-26-19/h4-6,9,22H,1-3,7-8,10-15H2. The number of fused-ring (bicyclic) bond motifs is 1. The average molecular weight is 385 g/mol. The van der Waals surface area contributed by atoms with Crippen LogP contribution in [0.15, 0.2) is 28.8 Å². The minimum Gasteiger partial charge on any atom is -0.454 e. The SMILES string of the molecule is c1cc(CNC2(Cc3cc(CN4CCCCC4)on3)COC2)c2c(c1)OCO2. The molecule has 28 heavy (non-hydrogen) atoms. The van der Waals surface area contributed by atoms with Gasteiger partial charge in [0, 0.05) is 24.6 Å². The fourth-order valence-corrected chi connectivity index (χ4v) is 4.23. The number of rotatable bonds is 7. The molecule has 4 heterocycles. The summed E-state index contributed by atoms with van der Waals surface area (Å²) in [6, 6.07) is 8.11. The lowest BCUT2D eigenvalue weighted by molar-refractivity contribution is -0.0756. The van der Waals surface area contributed by atoms with Crippen molar-refractivity contribution in [3.05, 3.63) is 41.3 Å². The molecule has 0 unspecified atom stereocenters. The minimum absolute atomic E-state index is 0.110. The Kier molecular flexibility index (Phi) is 4.96. The van der Waals surface area contributed by atoms with E-state index in [0.717, 1.165) is 54.6 Å². The molecule has 3 aliphatic heterocycles. The predicted octanol–water partition coefficient (Wildman–Crippen LogP) is 2.49. The third kappa shape index (κ3) is 3.74. The van der Waals surface area contributed by atoms with Gasteiger partial charge in [-0.3, -0.25) is 4.90 Å². The molecule has 0 aliphatic carbocycles. The Bertz CT molecular complexity index is 812. The highest BCUT2D eigenvalue weighted by molar-refractivity contribution is 5.48. The summed E-state index contributed by atoms with van der Waals surface area (Å²) in [6.07, 6.45) is 4.70. The molecule has 2 saturated heterocycles. The van der Waals surface area contributed by atoms with Gasteiger partial charge in [0.2, 0.25) is 6.79 Å². The molecule has 3 aliphatic rings. The van der Waals surface area contributed by atoms with Gasteiger partial charge in [0.1, 0.15) is 0 Å². The Morgan fingerprint density at radius 2 is 2.00 bits per heavy atom. The van der Waals surface area contributed by atoms with Crippen LogP contribution in [0.3, 0.4) is 0 Å². The zero-order chi connectivity index (χ0) is 18.8. The lowest BCUT2D eigenvalue weighted by Crippen LogP contribution is -2.61. The quantitative estimate of drug-likeness (QED) is 0.785. The first kappa shape index (κ1) is 18.0. The first-order chi connectivity index (χ1) is 13.8. The van der Waals surface area contributed by atoms with E-state index in [1.807, 2.05) is 12.1 Å². The van der Waals surface area contributed by atoms with Gasteiger partial charge in [0.05, 0.1) is 31.0 Å². The summed E-state index contributed by atoms with van der Waals surface area (Å²) in [5, 5.41) is 7.98. The first-order valence-corrected chi connectivity index (χ1v) is 10.2. The van der Waals surface area contributed by atoms with Gasteiger partial charge < -0.3 is 24.1 Å². The molecule has 1 aromatic carbocycles. The van der Waals surface area contributed by atoms with Crippen molar-refractivity contribution < 1.29 is 18.7 Å². The van der Waals surface area contributed by atoms with Crippen LogP contribution in [-0.2, 0) is 24.2 Å². The van der Waals surface area contributed by atoms with E-state index in [1.165, 1.54) is 19.3 Å². The van der Waals surface area contributed by atoms with E-state index in [0.29, 0.717) is 26.6 Å². The van der Waals surface area contributed by atoms with Crippen LogP contribution in [0, 0.1) is 0 Å². The summed E-state index contributed by atoms with van der Waals surface area (Å²) in [7, 11) is 0. The molecule has 0 amide bonds. The molecule has 7 nitrogen and oxygen atoms in total. The highest BCUT2D eigenvalue weighted by Crippen LogP contribution is 2.35. The second-order valence-corrected chi connectivity index (χ2v) is 8.08. The summed E-state index contributed by atoms with van der Waals surface area (Å²) in [5.41, 5.74) is 1.98. The third-order valence-corrected chi connectivity index (χ3v) is 5.84. The lowest BCUT2D eigenvalue weighted by atomic mass is 9.90. The summed E-state index contributed by atoms with van der Waals surface area (Å²) in [6.45, 7) is 5.51. The van der Waals surface area contributed by atoms with Crippen LogP contribution in [-0.4, -0.2) is 48.7 Å².